The van der Waals surface area contributed by atoms with Gasteiger partial charge in [-0.25, -0.2) is 4.79 Å². The van der Waals surface area contributed by atoms with Gasteiger partial charge in [-0.05, 0) is 43.5 Å². The molecule has 1 saturated carbocycles. The zero-order chi connectivity index (χ0) is 20.4. The minimum Gasteiger partial charge on any atom is -0.383 e. The lowest BCUT2D eigenvalue weighted by atomic mass is 10.2. The Morgan fingerprint density at radius 1 is 1.28 bits per heavy atom. The van der Waals surface area contributed by atoms with Crippen LogP contribution in [-0.4, -0.2) is 40.0 Å². The van der Waals surface area contributed by atoms with E-state index in [9.17, 15) is 9.59 Å². The van der Waals surface area contributed by atoms with Gasteiger partial charge in [0.05, 0.1) is 19.2 Å². The van der Waals surface area contributed by atoms with Crippen LogP contribution in [0.15, 0.2) is 39.9 Å². The molecule has 154 valence electrons. The summed E-state index contributed by atoms with van der Waals surface area (Å²) in [6.45, 7) is 1.36. The van der Waals surface area contributed by atoms with E-state index in [1.54, 1.807) is 4.90 Å². The molecule has 9 heteroatoms. The van der Waals surface area contributed by atoms with Gasteiger partial charge < -0.3 is 20.7 Å². The maximum atomic E-state index is 12.8. The van der Waals surface area contributed by atoms with Gasteiger partial charge in [-0.2, -0.15) is 0 Å². The highest BCUT2D eigenvalue weighted by atomic mass is 32.1. The van der Waals surface area contributed by atoms with Crippen molar-refractivity contribution in [1.29, 1.82) is 0 Å². The molecule has 0 radical (unpaired) electrons. The third-order valence-corrected chi connectivity index (χ3v) is 5.57. The molecule has 1 aliphatic heterocycles. The van der Waals surface area contributed by atoms with E-state index >= 15 is 0 Å². The van der Waals surface area contributed by atoms with Gasteiger partial charge in [0.2, 0.25) is 0 Å². The third kappa shape index (κ3) is 4.51. The van der Waals surface area contributed by atoms with Crippen molar-refractivity contribution in [3.63, 3.8) is 0 Å². The van der Waals surface area contributed by atoms with Crippen LogP contribution in [0.5, 0.6) is 0 Å². The van der Waals surface area contributed by atoms with Crippen molar-refractivity contribution in [1.82, 2.24) is 14.9 Å². The van der Waals surface area contributed by atoms with E-state index in [-0.39, 0.29) is 24.2 Å². The van der Waals surface area contributed by atoms with Crippen molar-refractivity contribution in [3.8, 4) is 0 Å². The molecule has 0 spiro atoms. The molecule has 2 aromatic rings. The van der Waals surface area contributed by atoms with Crippen molar-refractivity contribution in [2.24, 2.45) is 0 Å². The van der Waals surface area contributed by atoms with Crippen LogP contribution >= 0.6 is 12.2 Å². The predicted octanol–water partition coefficient (Wildman–Crippen LogP) is 1.19. The number of anilines is 2. The first-order valence-corrected chi connectivity index (χ1v) is 10.3. The predicted molar refractivity (Wildman–Crippen MR) is 116 cm³/mol. The van der Waals surface area contributed by atoms with Crippen LogP contribution in [-0.2, 0) is 11.3 Å². The molecule has 29 heavy (non-hydrogen) atoms. The first-order valence-electron chi connectivity index (χ1n) is 9.89. The molecule has 8 nitrogen and oxygen atoms in total. The van der Waals surface area contributed by atoms with Gasteiger partial charge in [0.1, 0.15) is 5.82 Å². The van der Waals surface area contributed by atoms with Crippen LogP contribution in [0.4, 0.5) is 11.5 Å². The Morgan fingerprint density at radius 3 is 2.69 bits per heavy atom. The Labute approximate surface area is 173 Å². The van der Waals surface area contributed by atoms with Gasteiger partial charge in [0.15, 0.2) is 10.8 Å². The molecule has 0 unspecified atom stereocenters. The Hall–Kier alpha value is -2.65. The minimum atomic E-state index is -0.547. The Bertz CT molecular complexity index is 993. The molecule has 1 aromatic carbocycles. The molecular weight excluding hydrogens is 390 g/mol. The molecule has 1 saturated heterocycles. The van der Waals surface area contributed by atoms with Crippen LogP contribution in [0.3, 0.4) is 0 Å². The van der Waals surface area contributed by atoms with Gasteiger partial charge in [0, 0.05) is 12.6 Å². The summed E-state index contributed by atoms with van der Waals surface area (Å²) in [7, 11) is 0. The molecule has 1 aromatic heterocycles. The number of rotatable bonds is 6. The summed E-state index contributed by atoms with van der Waals surface area (Å²) in [4.78, 5) is 29.3. The van der Waals surface area contributed by atoms with Gasteiger partial charge >= 0.3 is 5.69 Å². The fourth-order valence-corrected chi connectivity index (χ4v) is 3.84. The zero-order valence-electron chi connectivity index (χ0n) is 16.1. The van der Waals surface area contributed by atoms with E-state index in [0.717, 1.165) is 31.2 Å². The first kappa shape index (κ1) is 19.7. The van der Waals surface area contributed by atoms with Crippen LogP contribution in [0, 0.1) is 0 Å². The monoisotopic (exact) mass is 415 g/mol. The quantitative estimate of drug-likeness (QED) is 0.609. The van der Waals surface area contributed by atoms with Crippen molar-refractivity contribution in [2.75, 3.05) is 23.8 Å². The van der Waals surface area contributed by atoms with Crippen LogP contribution in [0.2, 0.25) is 0 Å². The average molecular weight is 416 g/mol. The highest BCUT2D eigenvalue weighted by Crippen LogP contribution is 2.24. The molecule has 0 bridgehead atoms. The average Bonchev–Trinajstić information content (AvgIpc) is 3.36. The number of aromatic amines is 1. The van der Waals surface area contributed by atoms with Crippen LogP contribution in [0.1, 0.15) is 31.2 Å². The van der Waals surface area contributed by atoms with E-state index < -0.39 is 11.2 Å². The minimum absolute atomic E-state index is 0.0396. The number of thiocarbonyl (C=S) groups is 1. The SMILES string of the molecule is Nc1c(N(C[C@@H]2CCCO2)C(=S)NC2CC2)c(=O)[nH]c(=O)n1Cc1ccccc1. The van der Waals surface area contributed by atoms with Crippen molar-refractivity contribution >= 4 is 28.8 Å². The van der Waals surface area contributed by atoms with Gasteiger partial charge in [-0.3, -0.25) is 14.3 Å². The lowest BCUT2D eigenvalue weighted by molar-refractivity contribution is 0.117. The number of nitrogens with zero attached hydrogens (tertiary/aromatic N) is 2. The van der Waals surface area contributed by atoms with E-state index in [2.05, 4.69) is 10.3 Å². The number of nitrogens with two attached hydrogens (primary N) is 1. The van der Waals surface area contributed by atoms with Gasteiger partial charge in [0.25, 0.3) is 5.56 Å². The number of aromatic nitrogens is 2. The molecule has 2 aliphatic rings. The van der Waals surface area contributed by atoms with E-state index in [1.165, 1.54) is 4.57 Å². The highest BCUT2D eigenvalue weighted by Gasteiger charge is 2.30. The molecule has 1 aliphatic carbocycles. The number of H-pyrrole nitrogens is 1. The summed E-state index contributed by atoms with van der Waals surface area (Å²) in [5.74, 6) is 0.0977. The molecule has 0 amide bonds. The van der Waals surface area contributed by atoms with Gasteiger partial charge in [-0.1, -0.05) is 30.3 Å². The first-order chi connectivity index (χ1) is 14.0. The van der Waals surface area contributed by atoms with Crippen molar-refractivity contribution in [2.45, 2.75) is 44.4 Å². The van der Waals surface area contributed by atoms with E-state index in [4.69, 9.17) is 22.7 Å². The lowest BCUT2D eigenvalue weighted by Crippen LogP contribution is -2.48. The number of hydrogen-bond donors (Lipinski definition) is 3. The number of ether oxygens (including phenoxy) is 1. The lowest BCUT2D eigenvalue weighted by Gasteiger charge is -2.29. The molecular formula is C20H25N5O3S. The van der Waals surface area contributed by atoms with Crippen LogP contribution in [0.25, 0.3) is 0 Å². The number of benzene rings is 1. The summed E-state index contributed by atoms with van der Waals surface area (Å²) < 4.78 is 7.12. The standard InChI is InChI=1S/C20H25N5O3S/c21-17-16(18(26)23-19(27)25(17)11-13-5-2-1-3-6-13)24(12-15-7-4-10-28-15)20(29)22-14-8-9-14/h1-3,5-6,14-15H,4,7-12,21H2,(H,22,29)(H,23,26,27)/t15-/m0/s1. The van der Waals surface area contributed by atoms with E-state index in [1.807, 2.05) is 30.3 Å². The molecule has 2 heterocycles. The van der Waals surface area contributed by atoms with Gasteiger partial charge in [-0.15, -0.1) is 0 Å². The molecule has 2 fully saturated rings. The molecule has 1 atom stereocenters. The summed E-state index contributed by atoms with van der Waals surface area (Å²) in [5.41, 5.74) is 6.37. The molecule has 4 rings (SSSR count). The second-order valence-corrected chi connectivity index (χ2v) is 7.92. The second kappa shape index (κ2) is 8.38. The van der Waals surface area contributed by atoms with Crippen molar-refractivity contribution < 1.29 is 4.74 Å². The highest BCUT2D eigenvalue weighted by molar-refractivity contribution is 7.80. The summed E-state index contributed by atoms with van der Waals surface area (Å²) >= 11 is 5.60. The van der Waals surface area contributed by atoms with Crippen molar-refractivity contribution in [3.05, 3.63) is 56.7 Å². The maximum absolute atomic E-state index is 12.8. The second-order valence-electron chi connectivity index (χ2n) is 7.53. The topological polar surface area (TPSA) is 105 Å². The number of hydrogen-bond acceptors (Lipinski definition) is 5. The number of nitrogens with one attached hydrogen (secondary N) is 2. The zero-order valence-corrected chi connectivity index (χ0v) is 16.9. The smallest absolute Gasteiger partial charge is 0.330 e. The van der Waals surface area contributed by atoms with Crippen LogP contribution < -0.4 is 27.2 Å². The summed E-state index contributed by atoms with van der Waals surface area (Å²) in [6, 6.07) is 9.81. The Kier molecular flexibility index (Phi) is 5.68. The van der Waals surface area contributed by atoms with E-state index in [0.29, 0.717) is 24.3 Å². The Morgan fingerprint density at radius 2 is 2.03 bits per heavy atom. The Balaban J connectivity index is 1.72. The normalized spacial score (nSPS) is 18.6. The molecule has 4 N–H and O–H groups in total. The fourth-order valence-electron chi connectivity index (χ4n) is 3.51. The fraction of sp³-hybridized carbons (Fsp3) is 0.450. The number of nitrogen functional groups attached to an aromatic ring is 1. The largest absolute Gasteiger partial charge is 0.383 e. The maximum Gasteiger partial charge on any atom is 0.330 e. The summed E-state index contributed by atoms with van der Waals surface area (Å²) in [6.07, 6.45) is 3.92. The summed E-state index contributed by atoms with van der Waals surface area (Å²) in [5, 5.41) is 3.71. The third-order valence-electron chi connectivity index (χ3n) is 5.23.